The third-order valence-electron chi connectivity index (χ3n) is 2.68. The summed E-state index contributed by atoms with van der Waals surface area (Å²) in [6, 6.07) is 13.8. The summed E-state index contributed by atoms with van der Waals surface area (Å²) in [5.74, 6) is 0.734. The molecule has 0 spiro atoms. The first-order valence-corrected chi connectivity index (χ1v) is 6.93. The Morgan fingerprint density at radius 3 is 1.65 bits per heavy atom. The second-order valence-electron chi connectivity index (χ2n) is 4.75. The summed E-state index contributed by atoms with van der Waals surface area (Å²) in [6.45, 7) is 2.87. The van der Waals surface area contributed by atoms with E-state index in [2.05, 4.69) is 10.6 Å². The van der Waals surface area contributed by atoms with Crippen LogP contribution in [0.15, 0.2) is 48.5 Å². The van der Waals surface area contributed by atoms with E-state index < -0.39 is 0 Å². The van der Waals surface area contributed by atoms with Crippen LogP contribution in [-0.4, -0.2) is 19.5 Å². The summed E-state index contributed by atoms with van der Waals surface area (Å²) in [7, 11) is 1.18. The molecule has 0 bridgehead atoms. The summed E-state index contributed by atoms with van der Waals surface area (Å²) < 4.78 is 10.7. The van der Waals surface area contributed by atoms with Gasteiger partial charge in [-0.3, -0.25) is 9.59 Å². The Labute approximate surface area is 135 Å². The van der Waals surface area contributed by atoms with Gasteiger partial charge in [0.05, 0.1) is 0 Å². The average Bonchev–Trinajstić information content (AvgIpc) is 2.46. The monoisotopic (exact) mass is 311 g/mol. The van der Waals surface area contributed by atoms with Crippen LogP contribution in [0.4, 0.5) is 11.4 Å². The molecule has 0 atom stereocenters. The van der Waals surface area contributed by atoms with Gasteiger partial charge in [0, 0.05) is 37.4 Å². The quantitative estimate of drug-likeness (QED) is 0.804. The lowest BCUT2D eigenvalue weighted by Crippen LogP contribution is -2.12. The number of hydrogen-bond donors (Lipinski definition) is 2. The number of carbonyl (C=O) groups is 2. The maximum absolute atomic E-state index is 11.0. The lowest BCUT2D eigenvalue weighted by Gasteiger charge is -2.09. The minimum Gasteiger partial charge on any atom is -0.526 e. The largest absolute Gasteiger partial charge is 0.658 e. The third kappa shape index (κ3) is 5.74. The number of carbonyl (C=O) groups excluding carboxylic acids is 2. The van der Waals surface area contributed by atoms with E-state index in [1.807, 2.05) is 0 Å². The maximum atomic E-state index is 11.0. The first-order chi connectivity index (χ1) is 11.0. The number of benzene rings is 2. The molecular formula is C16H16BN2O4. The molecule has 2 amide bonds. The van der Waals surface area contributed by atoms with Crippen molar-refractivity contribution in [2.24, 2.45) is 0 Å². The lowest BCUT2D eigenvalue weighted by molar-refractivity contribution is -0.115. The molecule has 0 fully saturated rings. The average molecular weight is 311 g/mol. The zero-order valence-electron chi connectivity index (χ0n) is 12.8. The van der Waals surface area contributed by atoms with Crippen LogP contribution in [0, 0.1) is 0 Å². The maximum Gasteiger partial charge on any atom is 0.658 e. The van der Waals surface area contributed by atoms with E-state index in [4.69, 9.17) is 9.31 Å². The molecule has 6 nitrogen and oxygen atoms in total. The van der Waals surface area contributed by atoms with Crippen molar-refractivity contribution >= 4 is 30.9 Å². The van der Waals surface area contributed by atoms with Crippen LogP contribution in [0.25, 0.3) is 0 Å². The topological polar surface area (TPSA) is 76.7 Å². The minimum absolute atomic E-state index is 0.155. The number of anilines is 2. The molecule has 0 aliphatic carbocycles. The molecule has 0 heterocycles. The molecular weight excluding hydrogens is 295 g/mol. The van der Waals surface area contributed by atoms with Crippen molar-refractivity contribution in [1.82, 2.24) is 0 Å². The molecule has 2 N–H and O–H groups in total. The fourth-order valence-electron chi connectivity index (χ4n) is 1.84. The highest BCUT2D eigenvalue weighted by molar-refractivity contribution is 6.20. The number of rotatable bonds is 6. The molecule has 2 rings (SSSR count). The Balaban J connectivity index is 1.89. The number of nitrogens with one attached hydrogen (secondary N) is 2. The van der Waals surface area contributed by atoms with Gasteiger partial charge < -0.3 is 19.9 Å². The van der Waals surface area contributed by atoms with Crippen LogP contribution in [0.2, 0.25) is 0 Å². The molecule has 1 radical (unpaired) electrons. The second kappa shape index (κ2) is 7.88. The lowest BCUT2D eigenvalue weighted by atomic mass is 10.2. The van der Waals surface area contributed by atoms with E-state index in [1.54, 1.807) is 48.5 Å². The van der Waals surface area contributed by atoms with Gasteiger partial charge >= 0.3 is 7.69 Å². The predicted molar refractivity (Wildman–Crippen MR) is 88.5 cm³/mol. The standard InChI is InChI=1S/C16H16BN2O4/c1-11(20)18-13-5-3-7-15(9-13)22-17-23-16-8-4-6-14(10-16)19-12(2)21/h3-10H,1-2H3,(H,18,20)(H,19,21). The predicted octanol–water partition coefficient (Wildman–Crippen LogP) is 2.60. The van der Waals surface area contributed by atoms with E-state index in [-0.39, 0.29) is 11.8 Å². The van der Waals surface area contributed by atoms with Crippen molar-refractivity contribution in [3.05, 3.63) is 48.5 Å². The fourth-order valence-corrected chi connectivity index (χ4v) is 1.84. The molecule has 2 aromatic carbocycles. The molecule has 117 valence electrons. The molecule has 23 heavy (non-hydrogen) atoms. The third-order valence-corrected chi connectivity index (χ3v) is 2.68. The van der Waals surface area contributed by atoms with Crippen LogP contribution in [0.5, 0.6) is 11.5 Å². The van der Waals surface area contributed by atoms with Gasteiger partial charge in [-0.05, 0) is 24.3 Å². The van der Waals surface area contributed by atoms with Gasteiger partial charge in [0.1, 0.15) is 11.5 Å². The molecule has 0 saturated carbocycles. The van der Waals surface area contributed by atoms with Gasteiger partial charge in [0.2, 0.25) is 11.8 Å². The zero-order valence-corrected chi connectivity index (χ0v) is 12.8. The van der Waals surface area contributed by atoms with Crippen LogP contribution >= 0.6 is 0 Å². The Hall–Kier alpha value is -2.96. The second-order valence-corrected chi connectivity index (χ2v) is 4.75. The smallest absolute Gasteiger partial charge is 0.526 e. The molecule has 2 aromatic rings. The van der Waals surface area contributed by atoms with Crippen molar-refractivity contribution in [1.29, 1.82) is 0 Å². The Morgan fingerprint density at radius 1 is 0.826 bits per heavy atom. The number of hydrogen-bond acceptors (Lipinski definition) is 4. The molecule has 0 aliphatic rings. The van der Waals surface area contributed by atoms with Crippen molar-refractivity contribution in [3.63, 3.8) is 0 Å². The van der Waals surface area contributed by atoms with Crippen LogP contribution in [-0.2, 0) is 9.59 Å². The summed E-state index contributed by atoms with van der Waals surface area (Å²) in [5, 5.41) is 5.33. The summed E-state index contributed by atoms with van der Waals surface area (Å²) in [6.07, 6.45) is 0. The molecule has 7 heteroatoms. The van der Waals surface area contributed by atoms with Gasteiger partial charge in [-0.15, -0.1) is 0 Å². The minimum atomic E-state index is -0.155. The zero-order chi connectivity index (χ0) is 16.7. The van der Waals surface area contributed by atoms with Crippen molar-refractivity contribution in [2.45, 2.75) is 13.8 Å². The van der Waals surface area contributed by atoms with Crippen molar-refractivity contribution in [3.8, 4) is 11.5 Å². The summed E-state index contributed by atoms with van der Waals surface area (Å²) >= 11 is 0. The van der Waals surface area contributed by atoms with E-state index in [0.29, 0.717) is 22.9 Å². The van der Waals surface area contributed by atoms with Gasteiger partial charge in [0.25, 0.3) is 0 Å². The molecule has 0 aliphatic heterocycles. The van der Waals surface area contributed by atoms with Crippen molar-refractivity contribution in [2.75, 3.05) is 10.6 Å². The van der Waals surface area contributed by atoms with E-state index >= 15 is 0 Å². The van der Waals surface area contributed by atoms with Crippen molar-refractivity contribution < 1.29 is 18.9 Å². The van der Waals surface area contributed by atoms with Gasteiger partial charge in [0.15, 0.2) is 0 Å². The first-order valence-electron chi connectivity index (χ1n) is 6.93. The summed E-state index contributed by atoms with van der Waals surface area (Å²) in [5.41, 5.74) is 1.27. The Bertz CT molecular complexity index is 646. The van der Waals surface area contributed by atoms with Crippen LogP contribution in [0.1, 0.15) is 13.8 Å². The highest BCUT2D eigenvalue weighted by Gasteiger charge is 2.04. The van der Waals surface area contributed by atoms with Crippen LogP contribution < -0.4 is 19.9 Å². The van der Waals surface area contributed by atoms with E-state index in [0.717, 1.165) is 0 Å². The Kier molecular flexibility index (Phi) is 5.63. The number of amides is 2. The highest BCUT2D eigenvalue weighted by Crippen LogP contribution is 2.19. The van der Waals surface area contributed by atoms with Crippen LogP contribution in [0.3, 0.4) is 0 Å². The van der Waals surface area contributed by atoms with Gasteiger partial charge in [-0.25, -0.2) is 0 Å². The first kappa shape index (κ1) is 16.4. The molecule has 0 unspecified atom stereocenters. The van der Waals surface area contributed by atoms with Gasteiger partial charge in [-0.1, -0.05) is 12.1 Å². The highest BCUT2D eigenvalue weighted by atomic mass is 16.6. The molecule has 0 saturated heterocycles. The fraction of sp³-hybridized carbons (Fsp3) is 0.125. The summed E-state index contributed by atoms with van der Waals surface area (Å²) in [4.78, 5) is 22.0. The normalized spacial score (nSPS) is 9.65. The van der Waals surface area contributed by atoms with E-state index in [9.17, 15) is 9.59 Å². The van der Waals surface area contributed by atoms with Gasteiger partial charge in [-0.2, -0.15) is 0 Å². The van der Waals surface area contributed by atoms with E-state index in [1.165, 1.54) is 21.5 Å². The molecule has 0 aromatic heterocycles. The SMILES string of the molecule is CC(=O)Nc1cccc(O[B]Oc2cccc(NC(C)=O)c2)c1. The Morgan fingerprint density at radius 2 is 1.26 bits per heavy atom.